The van der Waals surface area contributed by atoms with Crippen molar-refractivity contribution < 1.29 is 0 Å². The molecule has 5 heteroatoms. The summed E-state index contributed by atoms with van der Waals surface area (Å²) in [5.41, 5.74) is 11.4. The van der Waals surface area contributed by atoms with Gasteiger partial charge in [-0.25, -0.2) is 0 Å². The highest BCUT2D eigenvalue weighted by Crippen LogP contribution is 2.41. The summed E-state index contributed by atoms with van der Waals surface area (Å²) in [5.74, 6) is 0. The molecule has 0 fully saturated rings. The summed E-state index contributed by atoms with van der Waals surface area (Å²) in [6.07, 6.45) is 0. The van der Waals surface area contributed by atoms with E-state index >= 15 is 0 Å². The first kappa shape index (κ1) is 28.8. The number of aromatic nitrogens is 2. The minimum Gasteiger partial charge on any atom is -0.309 e. The van der Waals surface area contributed by atoms with Crippen molar-refractivity contribution >= 4 is 43.6 Å². The SMILES string of the molecule is N#Cc1ccc2c(c1)c1ccccc1n2-c1cc(-c2ccccc2)cc(-c2cccc(C#N)c2-n2c3ccccc3c3cc(C#N)ccc32)c1. The Morgan fingerprint density at radius 3 is 1.58 bits per heavy atom. The van der Waals surface area contributed by atoms with Gasteiger partial charge in [0.15, 0.2) is 0 Å². The van der Waals surface area contributed by atoms with E-state index in [0.717, 1.165) is 77.2 Å². The lowest BCUT2D eigenvalue weighted by molar-refractivity contribution is 1.16. The molecule has 2 aromatic heterocycles. The summed E-state index contributed by atoms with van der Waals surface area (Å²) in [6.45, 7) is 0. The molecule has 0 amide bonds. The van der Waals surface area contributed by atoms with Crippen molar-refractivity contribution in [1.29, 1.82) is 15.8 Å². The molecule has 9 rings (SSSR count). The normalized spacial score (nSPS) is 11.1. The van der Waals surface area contributed by atoms with Gasteiger partial charge in [0.25, 0.3) is 0 Å². The van der Waals surface area contributed by atoms with E-state index in [1.54, 1.807) is 0 Å². The van der Waals surface area contributed by atoms with Crippen LogP contribution in [0.15, 0.2) is 152 Å². The molecule has 0 aliphatic carbocycles. The molecule has 0 aliphatic rings. The van der Waals surface area contributed by atoms with E-state index < -0.39 is 0 Å². The largest absolute Gasteiger partial charge is 0.309 e. The Bertz CT molecular complexity index is 2960. The maximum atomic E-state index is 10.6. The summed E-state index contributed by atoms with van der Waals surface area (Å²) in [6, 6.07) is 57.9. The fraction of sp³-hybridized carbons (Fsp3) is 0. The van der Waals surface area contributed by atoms with Gasteiger partial charge in [-0.2, -0.15) is 15.8 Å². The molecule has 50 heavy (non-hydrogen) atoms. The maximum absolute atomic E-state index is 10.6. The van der Waals surface area contributed by atoms with Gasteiger partial charge in [0, 0.05) is 32.8 Å². The van der Waals surface area contributed by atoms with Crippen molar-refractivity contribution in [3.63, 3.8) is 0 Å². The third-order valence-corrected chi connectivity index (χ3v) is 9.58. The fourth-order valence-corrected chi connectivity index (χ4v) is 7.40. The smallest absolute Gasteiger partial charge is 0.101 e. The van der Waals surface area contributed by atoms with E-state index in [2.05, 4.69) is 88.0 Å². The van der Waals surface area contributed by atoms with Crippen molar-refractivity contribution in [1.82, 2.24) is 9.13 Å². The van der Waals surface area contributed by atoms with Crippen LogP contribution in [0.4, 0.5) is 0 Å². The molecule has 0 N–H and O–H groups in total. The highest BCUT2D eigenvalue weighted by Gasteiger charge is 2.21. The van der Waals surface area contributed by atoms with Crippen LogP contribution in [0.5, 0.6) is 0 Å². The van der Waals surface area contributed by atoms with Crippen LogP contribution in [0.1, 0.15) is 16.7 Å². The predicted molar refractivity (Wildman–Crippen MR) is 200 cm³/mol. The molecular weight excluding hydrogens is 611 g/mol. The van der Waals surface area contributed by atoms with E-state index in [4.69, 9.17) is 0 Å². The average Bonchev–Trinajstić information content (AvgIpc) is 3.69. The zero-order chi connectivity index (χ0) is 33.8. The van der Waals surface area contributed by atoms with E-state index in [1.165, 1.54) is 0 Å². The first-order chi connectivity index (χ1) is 24.7. The number of hydrogen-bond donors (Lipinski definition) is 0. The third-order valence-electron chi connectivity index (χ3n) is 9.58. The Kier molecular flexibility index (Phi) is 6.56. The van der Waals surface area contributed by atoms with Crippen LogP contribution in [0.3, 0.4) is 0 Å². The van der Waals surface area contributed by atoms with E-state index in [0.29, 0.717) is 16.7 Å². The average molecular weight is 636 g/mol. The van der Waals surface area contributed by atoms with E-state index in [1.807, 2.05) is 91.0 Å². The minimum absolute atomic E-state index is 0.544. The van der Waals surface area contributed by atoms with Gasteiger partial charge in [-0.15, -0.1) is 0 Å². The van der Waals surface area contributed by atoms with Crippen LogP contribution in [-0.4, -0.2) is 9.13 Å². The van der Waals surface area contributed by atoms with E-state index in [9.17, 15) is 15.8 Å². The van der Waals surface area contributed by atoms with Crippen molar-refractivity contribution in [2.45, 2.75) is 0 Å². The summed E-state index contributed by atoms with van der Waals surface area (Å²) in [4.78, 5) is 0. The van der Waals surface area contributed by atoms with Crippen LogP contribution in [0.2, 0.25) is 0 Å². The zero-order valence-corrected chi connectivity index (χ0v) is 26.7. The van der Waals surface area contributed by atoms with Crippen LogP contribution in [-0.2, 0) is 0 Å². The zero-order valence-electron chi connectivity index (χ0n) is 26.7. The van der Waals surface area contributed by atoms with Gasteiger partial charge in [-0.1, -0.05) is 78.9 Å². The molecule has 0 saturated carbocycles. The first-order valence-corrected chi connectivity index (χ1v) is 16.3. The molecule has 230 valence electrons. The van der Waals surface area contributed by atoms with Crippen LogP contribution >= 0.6 is 0 Å². The summed E-state index contributed by atoms with van der Waals surface area (Å²) < 4.78 is 4.43. The second kappa shape index (κ2) is 11.4. The fourth-order valence-electron chi connectivity index (χ4n) is 7.40. The van der Waals surface area contributed by atoms with Gasteiger partial charge in [0.05, 0.1) is 56.6 Å². The molecule has 0 saturated heterocycles. The van der Waals surface area contributed by atoms with Crippen molar-refractivity contribution in [2.24, 2.45) is 0 Å². The first-order valence-electron chi connectivity index (χ1n) is 16.3. The third kappa shape index (κ3) is 4.38. The van der Waals surface area contributed by atoms with Gasteiger partial charge in [-0.3, -0.25) is 0 Å². The molecule has 0 aliphatic heterocycles. The molecule has 0 unspecified atom stereocenters. The van der Waals surface area contributed by atoms with Gasteiger partial charge in [-0.05, 0) is 89.5 Å². The quantitative estimate of drug-likeness (QED) is 0.193. The number of para-hydroxylation sites is 3. The monoisotopic (exact) mass is 635 g/mol. The predicted octanol–water partition coefficient (Wildman–Crippen LogP) is 10.8. The Morgan fingerprint density at radius 1 is 0.380 bits per heavy atom. The summed E-state index contributed by atoms with van der Waals surface area (Å²) in [5, 5.41) is 34.1. The number of benzene rings is 7. The number of nitriles is 3. The molecule has 9 aromatic rings. The molecule has 5 nitrogen and oxygen atoms in total. The second-order valence-electron chi connectivity index (χ2n) is 12.3. The Hall–Kier alpha value is -7.39. The highest BCUT2D eigenvalue weighted by molar-refractivity contribution is 6.11. The lowest BCUT2D eigenvalue weighted by Crippen LogP contribution is -2.02. The molecule has 0 spiro atoms. The Labute approximate surface area is 287 Å². The molecule has 2 heterocycles. The van der Waals surface area contributed by atoms with Crippen molar-refractivity contribution in [2.75, 3.05) is 0 Å². The topological polar surface area (TPSA) is 81.2 Å². The lowest BCUT2D eigenvalue weighted by Gasteiger charge is -2.18. The number of hydrogen-bond acceptors (Lipinski definition) is 3. The number of nitrogens with zero attached hydrogens (tertiary/aromatic N) is 5. The maximum Gasteiger partial charge on any atom is 0.101 e. The number of rotatable bonds is 4. The molecule has 0 bridgehead atoms. The number of fused-ring (bicyclic) bond motifs is 6. The highest BCUT2D eigenvalue weighted by atomic mass is 15.0. The Balaban J connectivity index is 1.39. The molecular formula is C45H25N5. The summed E-state index contributed by atoms with van der Waals surface area (Å²) >= 11 is 0. The van der Waals surface area contributed by atoms with Crippen LogP contribution in [0, 0.1) is 34.0 Å². The van der Waals surface area contributed by atoms with Gasteiger partial charge in [0.1, 0.15) is 6.07 Å². The summed E-state index contributed by atoms with van der Waals surface area (Å²) in [7, 11) is 0. The second-order valence-corrected chi connectivity index (χ2v) is 12.3. The lowest BCUT2D eigenvalue weighted by atomic mass is 9.95. The standard InChI is InChI=1S/C45H25N5/c46-26-29-17-19-43-39(21-29)37-12-4-6-15-41(37)49(43)35-24-33(31-9-2-1-3-10-31)23-34(25-35)36-14-8-11-32(28-48)45(36)50-42-16-7-5-13-38(42)40-22-30(27-47)18-20-44(40)50/h1-25H. The van der Waals surface area contributed by atoms with Gasteiger partial charge < -0.3 is 9.13 Å². The molecule has 0 radical (unpaired) electrons. The van der Waals surface area contributed by atoms with E-state index in [-0.39, 0.29) is 0 Å². The van der Waals surface area contributed by atoms with Gasteiger partial charge >= 0.3 is 0 Å². The molecule has 0 atom stereocenters. The van der Waals surface area contributed by atoms with Gasteiger partial charge in [0.2, 0.25) is 0 Å². The van der Waals surface area contributed by atoms with Crippen LogP contribution in [0.25, 0.3) is 77.2 Å². The van der Waals surface area contributed by atoms with Crippen LogP contribution < -0.4 is 0 Å². The minimum atomic E-state index is 0.544. The van der Waals surface area contributed by atoms with Crippen molar-refractivity contribution in [3.8, 4) is 51.8 Å². The van der Waals surface area contributed by atoms with Crippen molar-refractivity contribution in [3.05, 3.63) is 168 Å². The Morgan fingerprint density at radius 2 is 0.940 bits per heavy atom. The molecule has 7 aromatic carbocycles.